The first kappa shape index (κ1) is 16.6. The Morgan fingerprint density at radius 3 is 2.91 bits per heavy atom. The molecule has 1 aromatic heterocycles. The Morgan fingerprint density at radius 1 is 1.50 bits per heavy atom. The third-order valence-corrected chi connectivity index (χ3v) is 3.90. The van der Waals surface area contributed by atoms with Crippen LogP contribution < -0.4 is 10.1 Å². The fourth-order valence-electron chi connectivity index (χ4n) is 1.92. The first-order chi connectivity index (χ1) is 10.5. The van der Waals surface area contributed by atoms with Crippen molar-refractivity contribution in [3.8, 4) is 5.75 Å². The quantitative estimate of drug-likeness (QED) is 0.846. The van der Waals surface area contributed by atoms with Gasteiger partial charge in [-0.05, 0) is 31.3 Å². The van der Waals surface area contributed by atoms with Gasteiger partial charge in [0.05, 0.1) is 18.7 Å². The summed E-state index contributed by atoms with van der Waals surface area (Å²) >= 11 is 11.6. The Morgan fingerprint density at radius 2 is 2.27 bits per heavy atom. The standard InChI is InChI=1S/C15H19ClN4OS/c1-4-20-9-13(16)14(18-20)10-19(2)15(22)17-11-6-5-7-12(8-11)21-3/h5-9H,4,10H2,1-3H3,(H,17,22). The van der Waals surface area contributed by atoms with E-state index in [1.165, 1.54) is 0 Å². The van der Waals surface area contributed by atoms with Gasteiger partial charge in [0.2, 0.25) is 0 Å². The van der Waals surface area contributed by atoms with E-state index in [1.54, 1.807) is 7.11 Å². The topological polar surface area (TPSA) is 42.3 Å². The first-order valence-corrected chi connectivity index (χ1v) is 7.70. The van der Waals surface area contributed by atoms with Crippen molar-refractivity contribution >= 4 is 34.6 Å². The lowest BCUT2D eigenvalue weighted by molar-refractivity contribution is 0.415. The van der Waals surface area contributed by atoms with Crippen LogP contribution in [0.1, 0.15) is 12.6 Å². The van der Waals surface area contributed by atoms with Crippen LogP contribution in [0.5, 0.6) is 5.75 Å². The minimum atomic E-state index is 0.543. The number of aromatic nitrogens is 2. The molecule has 5 nitrogen and oxygen atoms in total. The SMILES string of the molecule is CCn1cc(Cl)c(CN(C)C(=S)Nc2cccc(OC)c2)n1. The van der Waals surface area contributed by atoms with E-state index in [4.69, 9.17) is 28.6 Å². The zero-order valence-corrected chi connectivity index (χ0v) is 14.4. The molecule has 0 aliphatic rings. The maximum atomic E-state index is 6.18. The average molecular weight is 339 g/mol. The number of benzene rings is 1. The molecule has 22 heavy (non-hydrogen) atoms. The molecule has 0 amide bonds. The monoisotopic (exact) mass is 338 g/mol. The third-order valence-electron chi connectivity index (χ3n) is 3.17. The normalized spacial score (nSPS) is 10.4. The van der Waals surface area contributed by atoms with Crippen molar-refractivity contribution in [3.05, 3.63) is 41.2 Å². The van der Waals surface area contributed by atoms with Crippen LogP contribution in [0, 0.1) is 0 Å². The summed E-state index contributed by atoms with van der Waals surface area (Å²) in [7, 11) is 3.53. The molecule has 0 aliphatic heterocycles. The minimum absolute atomic E-state index is 0.543. The molecule has 0 radical (unpaired) electrons. The lowest BCUT2D eigenvalue weighted by Gasteiger charge is -2.20. The third kappa shape index (κ3) is 4.11. The van der Waals surface area contributed by atoms with E-state index < -0.39 is 0 Å². The number of halogens is 1. The number of hydrogen-bond acceptors (Lipinski definition) is 3. The molecule has 0 aliphatic carbocycles. The van der Waals surface area contributed by atoms with Crippen LogP contribution in [0.15, 0.2) is 30.5 Å². The van der Waals surface area contributed by atoms with E-state index in [-0.39, 0.29) is 0 Å². The van der Waals surface area contributed by atoms with E-state index in [0.717, 1.165) is 23.7 Å². The molecule has 2 rings (SSSR count). The lowest BCUT2D eigenvalue weighted by Crippen LogP contribution is -2.30. The Bertz CT molecular complexity index is 659. The summed E-state index contributed by atoms with van der Waals surface area (Å²) in [5.41, 5.74) is 1.68. The molecule has 1 aromatic carbocycles. The summed E-state index contributed by atoms with van der Waals surface area (Å²) in [6.07, 6.45) is 1.82. The Kier molecular flexibility index (Phi) is 5.63. The Balaban J connectivity index is 2.00. The summed E-state index contributed by atoms with van der Waals surface area (Å²) in [6.45, 7) is 3.35. The van der Waals surface area contributed by atoms with E-state index in [2.05, 4.69) is 10.4 Å². The molecule has 0 bridgehead atoms. The van der Waals surface area contributed by atoms with Crippen LogP contribution in [-0.4, -0.2) is 34.0 Å². The summed E-state index contributed by atoms with van der Waals surface area (Å²) in [5.74, 6) is 0.778. The number of anilines is 1. The molecule has 0 saturated heterocycles. The molecule has 0 spiro atoms. The van der Waals surface area contributed by atoms with Crippen molar-refractivity contribution in [1.29, 1.82) is 0 Å². The Hall–Kier alpha value is -1.79. The molecule has 0 saturated carbocycles. The van der Waals surface area contributed by atoms with Crippen molar-refractivity contribution in [3.63, 3.8) is 0 Å². The van der Waals surface area contributed by atoms with Crippen LogP contribution in [0.3, 0.4) is 0 Å². The molecule has 0 fully saturated rings. The fraction of sp³-hybridized carbons (Fsp3) is 0.333. The highest BCUT2D eigenvalue weighted by atomic mass is 35.5. The average Bonchev–Trinajstić information content (AvgIpc) is 2.87. The van der Waals surface area contributed by atoms with Gasteiger partial charge in [0.15, 0.2) is 5.11 Å². The molecule has 0 unspecified atom stereocenters. The van der Waals surface area contributed by atoms with Gasteiger partial charge in [0, 0.05) is 31.5 Å². The zero-order chi connectivity index (χ0) is 16.1. The number of nitrogens with one attached hydrogen (secondary N) is 1. The summed E-state index contributed by atoms with van der Waals surface area (Å²) in [5, 5.41) is 8.84. The number of rotatable bonds is 5. The van der Waals surface area contributed by atoms with Gasteiger partial charge in [-0.2, -0.15) is 5.10 Å². The van der Waals surface area contributed by atoms with Crippen LogP contribution in [0.25, 0.3) is 0 Å². The van der Waals surface area contributed by atoms with E-state index in [9.17, 15) is 0 Å². The number of thiocarbonyl (C=S) groups is 1. The van der Waals surface area contributed by atoms with E-state index in [0.29, 0.717) is 16.7 Å². The Labute approximate surface area is 140 Å². The predicted octanol–water partition coefficient (Wildman–Crippen LogP) is 3.39. The van der Waals surface area contributed by atoms with Gasteiger partial charge in [-0.15, -0.1) is 0 Å². The molecule has 1 N–H and O–H groups in total. The van der Waals surface area contributed by atoms with Crippen molar-refractivity contribution in [2.75, 3.05) is 19.5 Å². The van der Waals surface area contributed by atoms with Crippen LogP contribution in [-0.2, 0) is 13.1 Å². The van der Waals surface area contributed by atoms with Gasteiger partial charge in [-0.3, -0.25) is 4.68 Å². The maximum absolute atomic E-state index is 6.18. The minimum Gasteiger partial charge on any atom is -0.497 e. The number of methoxy groups -OCH3 is 1. The van der Waals surface area contributed by atoms with Crippen molar-refractivity contribution in [2.45, 2.75) is 20.0 Å². The van der Waals surface area contributed by atoms with E-state index >= 15 is 0 Å². The van der Waals surface area contributed by atoms with Crippen LogP contribution in [0.2, 0.25) is 5.02 Å². The molecule has 118 valence electrons. The predicted molar refractivity (Wildman–Crippen MR) is 93.6 cm³/mol. The zero-order valence-electron chi connectivity index (χ0n) is 12.8. The summed E-state index contributed by atoms with van der Waals surface area (Å²) < 4.78 is 7.01. The largest absolute Gasteiger partial charge is 0.497 e. The van der Waals surface area contributed by atoms with Crippen molar-refractivity contribution < 1.29 is 4.74 Å². The molecular formula is C15H19ClN4OS. The second-order valence-corrected chi connectivity index (χ2v) is 5.59. The van der Waals surface area contributed by atoms with Gasteiger partial charge >= 0.3 is 0 Å². The highest BCUT2D eigenvalue weighted by Gasteiger charge is 2.12. The van der Waals surface area contributed by atoms with Crippen molar-refractivity contribution in [2.24, 2.45) is 0 Å². The van der Waals surface area contributed by atoms with Gasteiger partial charge in [0.1, 0.15) is 11.4 Å². The molecule has 1 heterocycles. The molecule has 7 heteroatoms. The molecular weight excluding hydrogens is 320 g/mol. The van der Waals surface area contributed by atoms with Gasteiger partial charge in [0.25, 0.3) is 0 Å². The summed E-state index contributed by atoms with van der Waals surface area (Å²) in [4.78, 5) is 1.89. The lowest BCUT2D eigenvalue weighted by atomic mass is 10.3. The van der Waals surface area contributed by atoms with Crippen LogP contribution >= 0.6 is 23.8 Å². The number of aryl methyl sites for hydroxylation is 1. The highest BCUT2D eigenvalue weighted by molar-refractivity contribution is 7.80. The smallest absolute Gasteiger partial charge is 0.173 e. The van der Waals surface area contributed by atoms with E-state index in [1.807, 2.05) is 54.0 Å². The maximum Gasteiger partial charge on any atom is 0.173 e. The number of nitrogens with zero attached hydrogens (tertiary/aromatic N) is 3. The second kappa shape index (κ2) is 7.47. The molecule has 0 atom stereocenters. The highest BCUT2D eigenvalue weighted by Crippen LogP contribution is 2.18. The first-order valence-electron chi connectivity index (χ1n) is 6.91. The fourth-order valence-corrected chi connectivity index (χ4v) is 2.31. The second-order valence-electron chi connectivity index (χ2n) is 4.80. The van der Waals surface area contributed by atoms with Crippen LogP contribution in [0.4, 0.5) is 5.69 Å². The number of hydrogen-bond donors (Lipinski definition) is 1. The van der Waals surface area contributed by atoms with Crippen molar-refractivity contribution in [1.82, 2.24) is 14.7 Å². The summed E-state index contributed by atoms with van der Waals surface area (Å²) in [6, 6.07) is 7.61. The van der Waals surface area contributed by atoms with Gasteiger partial charge in [-0.25, -0.2) is 0 Å². The molecule has 2 aromatic rings. The van der Waals surface area contributed by atoms with Gasteiger partial charge < -0.3 is 15.0 Å². The van der Waals surface area contributed by atoms with Gasteiger partial charge in [-0.1, -0.05) is 17.7 Å². The number of ether oxygens (including phenoxy) is 1.